The number of nitrogens with one attached hydrogen (secondary N) is 2. The Morgan fingerprint density at radius 3 is 3.14 bits per heavy atom. The van der Waals surface area contributed by atoms with Gasteiger partial charge in [0.25, 0.3) is 5.91 Å². The molecule has 3 heterocycles. The molecule has 2 atom stereocenters. The number of carbonyl (C=O) groups excluding carboxylic acids is 1. The lowest BCUT2D eigenvalue weighted by Gasteiger charge is -2.23. The maximum atomic E-state index is 13.7. The summed E-state index contributed by atoms with van der Waals surface area (Å²) in [5.41, 5.74) is 0.606. The zero-order valence-corrected chi connectivity index (χ0v) is 12.4. The Hall–Kier alpha value is -1.66. The Kier molecular flexibility index (Phi) is 4.36. The van der Waals surface area contributed by atoms with Gasteiger partial charge in [0.15, 0.2) is 0 Å². The summed E-state index contributed by atoms with van der Waals surface area (Å²) < 4.78 is 13.7. The molecule has 1 saturated heterocycles. The van der Waals surface area contributed by atoms with E-state index in [9.17, 15) is 9.18 Å². The van der Waals surface area contributed by atoms with E-state index in [2.05, 4.69) is 21.3 Å². The van der Waals surface area contributed by atoms with Gasteiger partial charge in [-0.2, -0.15) is 0 Å². The van der Waals surface area contributed by atoms with E-state index in [0.717, 1.165) is 6.54 Å². The number of hydrogen-bond donors (Lipinski definition) is 2. The number of H-pyrrole nitrogens is 1. The van der Waals surface area contributed by atoms with Gasteiger partial charge >= 0.3 is 0 Å². The number of rotatable bonds is 5. The Balaban J connectivity index is 1.56. The van der Waals surface area contributed by atoms with Crippen LogP contribution in [0.1, 0.15) is 21.7 Å². The first-order chi connectivity index (χ1) is 10.2. The second kappa shape index (κ2) is 6.41. The molecule has 2 aromatic rings. The van der Waals surface area contributed by atoms with Crippen LogP contribution in [0.2, 0.25) is 0 Å². The Labute approximate surface area is 127 Å². The molecule has 0 aliphatic carbocycles. The van der Waals surface area contributed by atoms with E-state index < -0.39 is 6.17 Å². The summed E-state index contributed by atoms with van der Waals surface area (Å²) in [7, 11) is 0. The highest BCUT2D eigenvalue weighted by Crippen LogP contribution is 2.23. The van der Waals surface area contributed by atoms with Crippen LogP contribution in [0.4, 0.5) is 4.39 Å². The van der Waals surface area contributed by atoms with Gasteiger partial charge < -0.3 is 10.3 Å². The molecule has 112 valence electrons. The van der Waals surface area contributed by atoms with E-state index in [0.29, 0.717) is 25.1 Å². The highest BCUT2D eigenvalue weighted by Gasteiger charge is 2.32. The topological polar surface area (TPSA) is 48.1 Å². The van der Waals surface area contributed by atoms with Crippen LogP contribution in [-0.4, -0.2) is 41.1 Å². The minimum absolute atomic E-state index is 0.0602. The molecular formula is C15H18FN3OS. The van der Waals surface area contributed by atoms with Gasteiger partial charge in [0, 0.05) is 42.9 Å². The van der Waals surface area contributed by atoms with Crippen LogP contribution in [-0.2, 0) is 6.54 Å². The quantitative estimate of drug-likeness (QED) is 0.891. The zero-order chi connectivity index (χ0) is 14.7. The molecule has 0 bridgehead atoms. The third-order valence-corrected chi connectivity index (χ3v) is 4.64. The smallest absolute Gasteiger partial charge is 0.252 e. The van der Waals surface area contributed by atoms with Gasteiger partial charge in [0.05, 0.1) is 5.56 Å². The van der Waals surface area contributed by atoms with Gasteiger partial charge in [-0.05, 0) is 23.9 Å². The highest BCUT2D eigenvalue weighted by atomic mass is 32.1. The van der Waals surface area contributed by atoms with Crippen molar-refractivity contribution in [2.75, 3.05) is 13.1 Å². The van der Waals surface area contributed by atoms with Crippen molar-refractivity contribution < 1.29 is 9.18 Å². The summed E-state index contributed by atoms with van der Waals surface area (Å²) in [6.45, 7) is 1.68. The number of aromatic nitrogens is 1. The van der Waals surface area contributed by atoms with Crippen LogP contribution in [0.5, 0.6) is 0 Å². The molecule has 0 aromatic carbocycles. The van der Waals surface area contributed by atoms with Gasteiger partial charge in [-0.25, -0.2) is 4.39 Å². The fraction of sp³-hybridized carbons (Fsp3) is 0.400. The van der Waals surface area contributed by atoms with Crippen LogP contribution in [0.15, 0.2) is 36.0 Å². The molecule has 0 spiro atoms. The Morgan fingerprint density at radius 2 is 2.43 bits per heavy atom. The number of alkyl halides is 1. The molecule has 4 nitrogen and oxygen atoms in total. The first-order valence-electron chi connectivity index (χ1n) is 7.04. The minimum Gasteiger partial charge on any atom is -0.367 e. The molecule has 3 rings (SSSR count). The van der Waals surface area contributed by atoms with Crippen LogP contribution < -0.4 is 5.32 Å². The molecule has 6 heteroatoms. The molecule has 1 amide bonds. The zero-order valence-electron chi connectivity index (χ0n) is 11.6. The van der Waals surface area contributed by atoms with Crippen LogP contribution in [0.25, 0.3) is 0 Å². The molecular weight excluding hydrogens is 289 g/mol. The molecule has 2 N–H and O–H groups in total. The van der Waals surface area contributed by atoms with E-state index in [1.807, 2.05) is 11.4 Å². The van der Waals surface area contributed by atoms with Crippen molar-refractivity contribution in [2.45, 2.75) is 25.2 Å². The number of halogens is 1. The van der Waals surface area contributed by atoms with Crippen molar-refractivity contribution >= 4 is 17.2 Å². The maximum Gasteiger partial charge on any atom is 0.252 e. The number of hydrogen-bond acceptors (Lipinski definition) is 3. The molecule has 0 radical (unpaired) electrons. The van der Waals surface area contributed by atoms with Crippen molar-refractivity contribution in [3.05, 3.63) is 46.4 Å². The van der Waals surface area contributed by atoms with Crippen LogP contribution >= 0.6 is 11.3 Å². The third kappa shape index (κ3) is 3.51. The average Bonchev–Trinajstić information content (AvgIpc) is 3.18. The summed E-state index contributed by atoms with van der Waals surface area (Å²) >= 11 is 1.68. The second-order valence-electron chi connectivity index (χ2n) is 5.31. The number of aromatic amines is 1. The summed E-state index contributed by atoms with van der Waals surface area (Å²) in [5.74, 6) is -0.116. The second-order valence-corrected chi connectivity index (χ2v) is 6.34. The van der Waals surface area contributed by atoms with Crippen molar-refractivity contribution in [1.82, 2.24) is 15.2 Å². The minimum atomic E-state index is -0.806. The summed E-state index contributed by atoms with van der Waals surface area (Å²) in [6.07, 6.45) is 3.05. The average molecular weight is 307 g/mol. The maximum absolute atomic E-state index is 13.7. The first-order valence-corrected chi connectivity index (χ1v) is 7.92. The largest absolute Gasteiger partial charge is 0.367 e. The van der Waals surface area contributed by atoms with Gasteiger partial charge in [-0.1, -0.05) is 6.07 Å². The fourth-order valence-corrected chi connectivity index (χ4v) is 3.44. The van der Waals surface area contributed by atoms with E-state index in [4.69, 9.17) is 0 Å². The standard InChI is InChI=1S/C15H18FN3OS/c16-12-6-13(8-18-15(20)11-3-4-17-7-11)19(9-12)10-14-2-1-5-21-14/h1-5,7,12-13,17H,6,8-10H2,(H,18,20)/t12-,13-/m0/s1. The fourth-order valence-electron chi connectivity index (χ4n) is 2.71. The number of thiophene rings is 1. The van der Waals surface area contributed by atoms with Gasteiger partial charge in [-0.15, -0.1) is 11.3 Å². The van der Waals surface area contributed by atoms with E-state index >= 15 is 0 Å². The van der Waals surface area contributed by atoms with Gasteiger partial charge in [0.1, 0.15) is 6.17 Å². The predicted molar refractivity (Wildman–Crippen MR) is 81.2 cm³/mol. The SMILES string of the molecule is O=C(NC[C@@H]1C[C@H](F)CN1Cc1cccs1)c1cc[nH]c1. The molecule has 1 aliphatic rings. The lowest BCUT2D eigenvalue weighted by molar-refractivity contribution is 0.0940. The number of amides is 1. The van der Waals surface area contributed by atoms with Crippen molar-refractivity contribution in [3.8, 4) is 0 Å². The summed E-state index contributed by atoms with van der Waals surface area (Å²) in [5, 5.41) is 4.92. The molecule has 0 unspecified atom stereocenters. The molecule has 1 fully saturated rings. The Bertz CT molecular complexity index is 570. The lowest BCUT2D eigenvalue weighted by Crippen LogP contribution is -2.39. The van der Waals surface area contributed by atoms with E-state index in [1.165, 1.54) is 4.88 Å². The van der Waals surface area contributed by atoms with Crippen molar-refractivity contribution in [2.24, 2.45) is 0 Å². The Morgan fingerprint density at radius 1 is 1.52 bits per heavy atom. The molecule has 1 aliphatic heterocycles. The first kappa shape index (κ1) is 14.3. The van der Waals surface area contributed by atoms with Gasteiger partial charge in [-0.3, -0.25) is 9.69 Å². The van der Waals surface area contributed by atoms with E-state index in [1.54, 1.807) is 29.8 Å². The lowest BCUT2D eigenvalue weighted by atomic mass is 10.2. The van der Waals surface area contributed by atoms with Crippen LogP contribution in [0, 0.1) is 0 Å². The van der Waals surface area contributed by atoms with Crippen molar-refractivity contribution in [1.29, 1.82) is 0 Å². The predicted octanol–water partition coefficient (Wildman–Crippen LogP) is 2.42. The summed E-state index contributed by atoms with van der Waals surface area (Å²) in [4.78, 5) is 18.1. The number of nitrogens with zero attached hydrogens (tertiary/aromatic N) is 1. The monoisotopic (exact) mass is 307 g/mol. The van der Waals surface area contributed by atoms with Crippen LogP contribution in [0.3, 0.4) is 0 Å². The number of carbonyl (C=O) groups is 1. The highest BCUT2D eigenvalue weighted by molar-refractivity contribution is 7.09. The van der Waals surface area contributed by atoms with Gasteiger partial charge in [0.2, 0.25) is 0 Å². The molecule has 21 heavy (non-hydrogen) atoms. The number of likely N-dealkylation sites (tertiary alicyclic amines) is 1. The molecule has 0 saturated carbocycles. The summed E-state index contributed by atoms with van der Waals surface area (Å²) in [6, 6.07) is 5.85. The third-order valence-electron chi connectivity index (χ3n) is 3.77. The van der Waals surface area contributed by atoms with E-state index in [-0.39, 0.29) is 11.9 Å². The van der Waals surface area contributed by atoms with Crippen molar-refractivity contribution in [3.63, 3.8) is 0 Å². The molecule has 2 aromatic heterocycles. The normalized spacial score (nSPS) is 22.5.